The molecule has 0 radical (unpaired) electrons. The summed E-state index contributed by atoms with van der Waals surface area (Å²) in [5.41, 5.74) is 4.83. The summed E-state index contributed by atoms with van der Waals surface area (Å²) in [5.74, 6) is 1.75. The Morgan fingerprint density at radius 3 is 2.41 bits per heavy atom. The summed E-state index contributed by atoms with van der Waals surface area (Å²) in [7, 11) is 0. The highest BCUT2D eigenvalue weighted by Gasteiger charge is 2.14. The van der Waals surface area contributed by atoms with E-state index < -0.39 is 0 Å². The van der Waals surface area contributed by atoms with E-state index in [9.17, 15) is 4.79 Å². The van der Waals surface area contributed by atoms with Crippen LogP contribution in [-0.2, 0) is 6.61 Å². The van der Waals surface area contributed by atoms with Crippen molar-refractivity contribution in [1.82, 2.24) is 4.98 Å². The van der Waals surface area contributed by atoms with Gasteiger partial charge in [0.15, 0.2) is 0 Å². The molecule has 4 aromatic rings. The van der Waals surface area contributed by atoms with E-state index >= 15 is 0 Å². The molecule has 32 heavy (non-hydrogen) atoms. The fraction of sp³-hybridized carbons (Fsp3) is 0.154. The van der Waals surface area contributed by atoms with Crippen LogP contribution in [0.1, 0.15) is 32.9 Å². The number of ether oxygens (including phenoxy) is 1. The number of hydrogen-bond acceptors (Lipinski definition) is 4. The molecule has 1 amide bonds. The summed E-state index contributed by atoms with van der Waals surface area (Å²) < 4.78 is 11.6. The van der Waals surface area contributed by atoms with E-state index in [-0.39, 0.29) is 5.91 Å². The zero-order valence-electron chi connectivity index (χ0n) is 18.1. The van der Waals surface area contributed by atoms with Crippen molar-refractivity contribution in [3.8, 4) is 17.2 Å². The molecule has 0 aliphatic carbocycles. The first kappa shape index (κ1) is 21.7. The molecule has 162 valence electrons. The Bertz CT molecular complexity index is 1250. The molecule has 0 bridgehead atoms. The van der Waals surface area contributed by atoms with Gasteiger partial charge in [0.25, 0.3) is 5.91 Å². The fourth-order valence-electron chi connectivity index (χ4n) is 3.11. The number of anilines is 1. The number of amides is 1. The molecule has 4 rings (SSSR count). The minimum absolute atomic E-state index is 0.216. The van der Waals surface area contributed by atoms with Gasteiger partial charge in [0.2, 0.25) is 5.89 Å². The molecular formula is C26H23ClN2O3. The first-order chi connectivity index (χ1) is 15.4. The molecular weight excluding hydrogens is 424 g/mol. The number of hydrogen-bond donors (Lipinski definition) is 1. The van der Waals surface area contributed by atoms with Crippen LogP contribution in [0.15, 0.2) is 71.1 Å². The standard InChI is InChI=1S/C26H23ClN2O3/c1-16-4-12-22(13-5-16)31-15-24-18(3)32-26(29-24)20-9-7-19(8-10-20)25(30)28-21-11-6-17(2)23(27)14-21/h4-14H,15H2,1-3H3,(H,28,30). The summed E-state index contributed by atoms with van der Waals surface area (Å²) in [5, 5.41) is 3.47. The highest BCUT2D eigenvalue weighted by Crippen LogP contribution is 2.24. The van der Waals surface area contributed by atoms with E-state index in [0.717, 1.165) is 22.6 Å². The van der Waals surface area contributed by atoms with Gasteiger partial charge in [-0.1, -0.05) is 35.4 Å². The van der Waals surface area contributed by atoms with Gasteiger partial charge in [-0.2, -0.15) is 0 Å². The van der Waals surface area contributed by atoms with Gasteiger partial charge in [-0.25, -0.2) is 4.98 Å². The van der Waals surface area contributed by atoms with Crippen LogP contribution in [0.5, 0.6) is 5.75 Å². The number of halogens is 1. The molecule has 1 N–H and O–H groups in total. The molecule has 0 aliphatic rings. The minimum Gasteiger partial charge on any atom is -0.487 e. The van der Waals surface area contributed by atoms with Crippen molar-refractivity contribution in [1.29, 1.82) is 0 Å². The van der Waals surface area contributed by atoms with Gasteiger partial charge in [-0.15, -0.1) is 0 Å². The van der Waals surface area contributed by atoms with E-state index in [1.165, 1.54) is 5.56 Å². The van der Waals surface area contributed by atoms with E-state index in [4.69, 9.17) is 20.8 Å². The number of oxazole rings is 1. The number of rotatable bonds is 6. The number of benzene rings is 3. The van der Waals surface area contributed by atoms with Crippen LogP contribution >= 0.6 is 11.6 Å². The third-order valence-electron chi connectivity index (χ3n) is 5.11. The molecule has 0 atom stereocenters. The second-order valence-corrected chi connectivity index (χ2v) is 8.03. The van der Waals surface area contributed by atoms with Crippen LogP contribution < -0.4 is 10.1 Å². The lowest BCUT2D eigenvalue weighted by molar-refractivity contribution is 0.102. The number of aromatic nitrogens is 1. The molecule has 0 aliphatic heterocycles. The van der Waals surface area contributed by atoms with E-state index in [2.05, 4.69) is 10.3 Å². The van der Waals surface area contributed by atoms with E-state index in [0.29, 0.717) is 34.5 Å². The van der Waals surface area contributed by atoms with Crippen molar-refractivity contribution in [2.24, 2.45) is 0 Å². The van der Waals surface area contributed by atoms with Crippen molar-refractivity contribution in [3.05, 3.63) is 99.9 Å². The van der Waals surface area contributed by atoms with Gasteiger partial charge in [0, 0.05) is 21.8 Å². The normalized spacial score (nSPS) is 10.8. The molecule has 0 saturated carbocycles. The van der Waals surface area contributed by atoms with Gasteiger partial charge in [-0.3, -0.25) is 4.79 Å². The molecule has 1 heterocycles. The maximum absolute atomic E-state index is 12.5. The molecule has 0 fully saturated rings. The van der Waals surface area contributed by atoms with Gasteiger partial charge in [0.05, 0.1) is 0 Å². The average molecular weight is 447 g/mol. The van der Waals surface area contributed by atoms with Crippen LogP contribution in [0.4, 0.5) is 5.69 Å². The highest BCUT2D eigenvalue weighted by molar-refractivity contribution is 6.31. The SMILES string of the molecule is Cc1ccc(OCc2nc(-c3ccc(C(=O)Nc4ccc(C)c(Cl)c4)cc3)oc2C)cc1. The van der Waals surface area contributed by atoms with Crippen LogP contribution in [0.2, 0.25) is 5.02 Å². The van der Waals surface area contributed by atoms with Crippen molar-refractivity contribution >= 4 is 23.2 Å². The second-order valence-electron chi connectivity index (χ2n) is 7.62. The predicted molar refractivity (Wildman–Crippen MR) is 126 cm³/mol. The number of aryl methyl sites for hydroxylation is 3. The van der Waals surface area contributed by atoms with Crippen LogP contribution in [-0.4, -0.2) is 10.9 Å². The van der Waals surface area contributed by atoms with Gasteiger partial charge in [-0.05, 0) is 74.9 Å². The lowest BCUT2D eigenvalue weighted by Crippen LogP contribution is -2.11. The summed E-state index contributed by atoms with van der Waals surface area (Å²) in [6, 6.07) is 20.4. The Morgan fingerprint density at radius 1 is 1.00 bits per heavy atom. The summed E-state index contributed by atoms with van der Waals surface area (Å²) in [6.45, 7) is 6.12. The van der Waals surface area contributed by atoms with Crippen molar-refractivity contribution in [3.63, 3.8) is 0 Å². The Labute approximate surface area is 192 Å². The molecule has 5 nitrogen and oxygen atoms in total. The first-order valence-corrected chi connectivity index (χ1v) is 10.6. The average Bonchev–Trinajstić information content (AvgIpc) is 3.16. The quantitative estimate of drug-likeness (QED) is 0.355. The maximum atomic E-state index is 12.5. The monoisotopic (exact) mass is 446 g/mol. The van der Waals surface area contributed by atoms with Crippen LogP contribution in [0.25, 0.3) is 11.5 Å². The number of carbonyl (C=O) groups excluding carboxylic acids is 1. The zero-order valence-corrected chi connectivity index (χ0v) is 18.9. The molecule has 6 heteroatoms. The van der Waals surface area contributed by atoms with Gasteiger partial charge >= 0.3 is 0 Å². The third kappa shape index (κ3) is 5.01. The van der Waals surface area contributed by atoms with Crippen LogP contribution in [0, 0.1) is 20.8 Å². The Balaban J connectivity index is 1.43. The molecule has 1 aromatic heterocycles. The molecule has 0 spiro atoms. The van der Waals surface area contributed by atoms with Gasteiger partial charge < -0.3 is 14.5 Å². The van der Waals surface area contributed by atoms with E-state index in [1.54, 1.807) is 18.2 Å². The Hall–Kier alpha value is -3.57. The number of nitrogens with zero attached hydrogens (tertiary/aromatic N) is 1. The lowest BCUT2D eigenvalue weighted by atomic mass is 10.1. The molecule has 0 saturated heterocycles. The first-order valence-electron chi connectivity index (χ1n) is 10.2. The van der Waals surface area contributed by atoms with Crippen molar-refractivity contribution in [2.75, 3.05) is 5.32 Å². The molecule has 0 unspecified atom stereocenters. The lowest BCUT2D eigenvalue weighted by Gasteiger charge is -2.07. The van der Waals surface area contributed by atoms with Crippen molar-refractivity contribution in [2.45, 2.75) is 27.4 Å². The summed E-state index contributed by atoms with van der Waals surface area (Å²) >= 11 is 6.13. The maximum Gasteiger partial charge on any atom is 0.255 e. The summed E-state index contributed by atoms with van der Waals surface area (Å²) in [6.07, 6.45) is 0. The third-order valence-corrected chi connectivity index (χ3v) is 5.52. The topological polar surface area (TPSA) is 64.4 Å². The predicted octanol–water partition coefficient (Wildman–Crippen LogP) is 6.75. The smallest absolute Gasteiger partial charge is 0.255 e. The van der Waals surface area contributed by atoms with Crippen molar-refractivity contribution < 1.29 is 13.9 Å². The summed E-state index contributed by atoms with van der Waals surface area (Å²) in [4.78, 5) is 17.1. The highest BCUT2D eigenvalue weighted by atomic mass is 35.5. The largest absolute Gasteiger partial charge is 0.487 e. The second kappa shape index (κ2) is 9.28. The fourth-order valence-corrected chi connectivity index (χ4v) is 3.29. The van der Waals surface area contributed by atoms with Gasteiger partial charge in [0.1, 0.15) is 23.8 Å². The number of carbonyl (C=O) groups is 1. The van der Waals surface area contributed by atoms with Crippen LogP contribution in [0.3, 0.4) is 0 Å². The Morgan fingerprint density at radius 2 is 1.72 bits per heavy atom. The molecule has 3 aromatic carbocycles. The Kier molecular flexibility index (Phi) is 6.28. The number of nitrogens with one attached hydrogen (secondary N) is 1. The van der Waals surface area contributed by atoms with E-state index in [1.807, 2.05) is 69.3 Å². The minimum atomic E-state index is -0.216. The zero-order chi connectivity index (χ0) is 22.7.